The van der Waals surface area contributed by atoms with Gasteiger partial charge in [0.05, 0.1) is 12.2 Å². The molecule has 5 nitrogen and oxygen atoms in total. The molecule has 3 aromatic rings. The molecular weight excluding hydrogens is 386 g/mol. The lowest BCUT2D eigenvalue weighted by molar-refractivity contribution is 0.0952. The minimum Gasteiger partial charge on any atom is -0.303 e. The van der Waals surface area contributed by atoms with Crippen molar-refractivity contribution in [2.45, 2.75) is 39.2 Å². The van der Waals surface area contributed by atoms with Gasteiger partial charge in [-0.2, -0.15) is 5.10 Å². The first-order valence-corrected chi connectivity index (χ1v) is 10.9. The molecule has 2 aliphatic rings. The van der Waals surface area contributed by atoms with Crippen LogP contribution >= 0.6 is 0 Å². The van der Waals surface area contributed by atoms with Crippen LogP contribution in [0.25, 0.3) is 10.8 Å². The summed E-state index contributed by atoms with van der Waals surface area (Å²) in [5.41, 5.74) is 7.02. The second kappa shape index (κ2) is 7.99. The normalized spacial score (nSPS) is 19.3. The summed E-state index contributed by atoms with van der Waals surface area (Å²) in [5.74, 6) is 0.250. The van der Waals surface area contributed by atoms with Crippen molar-refractivity contribution in [3.63, 3.8) is 0 Å². The molecular formula is C26H25N3O2. The highest BCUT2D eigenvalue weighted by Crippen LogP contribution is 2.37. The van der Waals surface area contributed by atoms with Crippen LogP contribution in [0.2, 0.25) is 0 Å². The summed E-state index contributed by atoms with van der Waals surface area (Å²) in [7, 11) is 0. The van der Waals surface area contributed by atoms with Crippen LogP contribution in [0.1, 0.15) is 58.9 Å². The van der Waals surface area contributed by atoms with Crippen LogP contribution in [0.15, 0.2) is 65.8 Å². The Morgan fingerprint density at radius 3 is 2.61 bits per heavy atom. The van der Waals surface area contributed by atoms with Gasteiger partial charge in [-0.1, -0.05) is 49.7 Å². The highest BCUT2D eigenvalue weighted by atomic mass is 16.2. The molecule has 1 aliphatic carbocycles. The number of rotatable bonds is 4. The van der Waals surface area contributed by atoms with Crippen LogP contribution in [0.4, 0.5) is 5.69 Å². The van der Waals surface area contributed by atoms with Crippen molar-refractivity contribution in [3.05, 3.63) is 77.4 Å². The maximum atomic E-state index is 13.0. The molecule has 31 heavy (non-hydrogen) atoms. The van der Waals surface area contributed by atoms with Crippen LogP contribution in [0.5, 0.6) is 0 Å². The summed E-state index contributed by atoms with van der Waals surface area (Å²) in [6, 6.07) is 19.2. The first-order valence-electron chi connectivity index (χ1n) is 10.9. The third kappa shape index (κ3) is 3.61. The lowest BCUT2D eigenvalue weighted by atomic mass is 9.89. The molecule has 1 saturated carbocycles. The molecule has 1 atom stereocenters. The van der Waals surface area contributed by atoms with Crippen molar-refractivity contribution in [1.29, 1.82) is 0 Å². The molecule has 3 aromatic carbocycles. The Balaban J connectivity index is 1.30. The number of nitrogens with one attached hydrogen (secondary N) is 1. The Morgan fingerprint density at radius 1 is 1.06 bits per heavy atom. The van der Waals surface area contributed by atoms with Gasteiger partial charge in [-0.05, 0) is 60.4 Å². The summed E-state index contributed by atoms with van der Waals surface area (Å²) < 4.78 is 0. The summed E-state index contributed by atoms with van der Waals surface area (Å²) in [5, 5.41) is 6.46. The van der Waals surface area contributed by atoms with Gasteiger partial charge >= 0.3 is 0 Å². The van der Waals surface area contributed by atoms with Crippen LogP contribution < -0.4 is 10.3 Å². The fraction of sp³-hybridized carbons (Fsp3) is 0.269. The van der Waals surface area contributed by atoms with Crippen molar-refractivity contribution < 1.29 is 9.59 Å². The predicted octanol–water partition coefficient (Wildman–Crippen LogP) is 5.30. The second-order valence-electron chi connectivity index (χ2n) is 8.46. The largest absolute Gasteiger partial charge is 0.303 e. The van der Waals surface area contributed by atoms with E-state index in [2.05, 4.69) is 17.5 Å². The van der Waals surface area contributed by atoms with Crippen LogP contribution in [-0.4, -0.2) is 17.5 Å². The van der Waals surface area contributed by atoms with Crippen molar-refractivity contribution in [2.75, 3.05) is 4.90 Å². The first kappa shape index (κ1) is 19.5. The zero-order valence-electron chi connectivity index (χ0n) is 17.6. The highest BCUT2D eigenvalue weighted by molar-refractivity contribution is 6.24. The van der Waals surface area contributed by atoms with Gasteiger partial charge in [0, 0.05) is 22.2 Å². The molecule has 0 bridgehead atoms. The topological polar surface area (TPSA) is 61.8 Å². The number of benzene rings is 3. The Morgan fingerprint density at radius 2 is 1.84 bits per heavy atom. The minimum atomic E-state index is -0.203. The van der Waals surface area contributed by atoms with E-state index in [0.29, 0.717) is 18.0 Å². The average molecular weight is 412 g/mol. The van der Waals surface area contributed by atoms with E-state index in [4.69, 9.17) is 0 Å². The molecule has 1 heterocycles. The van der Waals surface area contributed by atoms with Gasteiger partial charge in [0.15, 0.2) is 0 Å². The van der Waals surface area contributed by atoms with E-state index in [9.17, 15) is 9.59 Å². The predicted molar refractivity (Wildman–Crippen MR) is 123 cm³/mol. The maximum Gasteiger partial charge on any atom is 0.271 e. The number of hydrogen-bond acceptors (Lipinski definition) is 3. The molecule has 0 unspecified atom stereocenters. The molecule has 1 N–H and O–H groups in total. The van der Waals surface area contributed by atoms with Gasteiger partial charge in [-0.15, -0.1) is 0 Å². The van der Waals surface area contributed by atoms with Crippen molar-refractivity contribution >= 4 is 34.0 Å². The van der Waals surface area contributed by atoms with Gasteiger partial charge in [-0.3, -0.25) is 9.59 Å². The van der Waals surface area contributed by atoms with E-state index in [0.717, 1.165) is 52.6 Å². The number of carbonyl (C=O) groups is 2. The van der Waals surface area contributed by atoms with Crippen molar-refractivity contribution in [2.24, 2.45) is 11.0 Å². The molecule has 1 fully saturated rings. The zero-order chi connectivity index (χ0) is 21.4. The van der Waals surface area contributed by atoms with E-state index >= 15 is 0 Å². The Labute approximate surface area is 181 Å². The molecule has 0 radical (unpaired) electrons. The summed E-state index contributed by atoms with van der Waals surface area (Å²) >= 11 is 0. The summed E-state index contributed by atoms with van der Waals surface area (Å²) in [6.45, 7) is 2.63. The minimum absolute atomic E-state index is 0.0195. The van der Waals surface area contributed by atoms with Crippen molar-refractivity contribution in [3.8, 4) is 0 Å². The van der Waals surface area contributed by atoms with Gasteiger partial charge in [-0.25, -0.2) is 5.43 Å². The second-order valence-corrected chi connectivity index (χ2v) is 8.46. The van der Waals surface area contributed by atoms with Gasteiger partial charge in [0.2, 0.25) is 0 Å². The zero-order valence-corrected chi connectivity index (χ0v) is 17.6. The van der Waals surface area contributed by atoms with Gasteiger partial charge in [0.1, 0.15) is 0 Å². The average Bonchev–Trinajstić information content (AvgIpc) is 3.07. The fourth-order valence-electron chi connectivity index (χ4n) is 4.60. The highest BCUT2D eigenvalue weighted by Gasteiger charge is 2.29. The molecule has 0 aromatic heterocycles. The van der Waals surface area contributed by atoms with E-state index < -0.39 is 0 Å². The van der Waals surface area contributed by atoms with E-state index in [1.807, 2.05) is 53.4 Å². The van der Waals surface area contributed by atoms with Crippen LogP contribution in [0, 0.1) is 5.92 Å². The van der Waals surface area contributed by atoms with E-state index in [1.54, 1.807) is 12.1 Å². The van der Waals surface area contributed by atoms with Crippen LogP contribution in [0.3, 0.4) is 0 Å². The number of hydrazone groups is 1. The molecule has 0 saturated heterocycles. The third-order valence-corrected chi connectivity index (χ3v) is 6.40. The number of hydrogen-bond donors (Lipinski definition) is 1. The Bertz CT molecular complexity index is 1190. The standard InChI is InChI=1S/C26H25N3O2/c1-17-6-2-3-10-22(17)27-28-25(30)20-14-12-18(13-15-20)16-29-23-11-5-8-19-7-4-9-21(24(19)23)26(29)31/h4-5,7-9,11-15,17H,2-3,6,10,16H2,1H3,(H,28,30)/t17-/m0/s1. The lowest BCUT2D eigenvalue weighted by Gasteiger charge is -2.19. The molecule has 5 rings (SSSR count). The number of carbonyl (C=O) groups excluding carboxylic acids is 2. The van der Waals surface area contributed by atoms with E-state index in [-0.39, 0.29) is 11.8 Å². The lowest BCUT2D eigenvalue weighted by Crippen LogP contribution is -2.26. The van der Waals surface area contributed by atoms with Gasteiger partial charge in [0.25, 0.3) is 11.8 Å². The fourth-order valence-corrected chi connectivity index (χ4v) is 4.60. The first-order chi connectivity index (χ1) is 15.1. The van der Waals surface area contributed by atoms with Crippen LogP contribution in [-0.2, 0) is 6.54 Å². The molecule has 1 aliphatic heterocycles. The smallest absolute Gasteiger partial charge is 0.271 e. The third-order valence-electron chi connectivity index (χ3n) is 6.40. The molecule has 2 amide bonds. The molecule has 156 valence electrons. The Hall–Kier alpha value is -3.47. The summed E-state index contributed by atoms with van der Waals surface area (Å²) in [6.07, 6.45) is 4.46. The van der Waals surface area contributed by atoms with Crippen molar-refractivity contribution in [1.82, 2.24) is 5.43 Å². The van der Waals surface area contributed by atoms with Gasteiger partial charge < -0.3 is 4.90 Å². The molecule has 5 heteroatoms. The SMILES string of the molecule is C[C@H]1CCCCC1=NNC(=O)c1ccc(CN2C(=O)c3cccc4cccc2c34)cc1. The molecule has 0 spiro atoms. The maximum absolute atomic E-state index is 13.0. The summed E-state index contributed by atoms with van der Waals surface area (Å²) in [4.78, 5) is 27.3. The number of anilines is 1. The monoisotopic (exact) mass is 411 g/mol. The Kier molecular flexibility index (Phi) is 5.02. The van der Waals surface area contributed by atoms with E-state index in [1.165, 1.54) is 6.42 Å². The number of nitrogens with zero attached hydrogens (tertiary/aromatic N) is 2. The number of amides is 2. The quantitative estimate of drug-likeness (QED) is 0.593.